The molecule has 0 radical (unpaired) electrons. The van der Waals surface area contributed by atoms with Gasteiger partial charge in [-0.05, 0) is 24.7 Å². The maximum Gasteiger partial charge on any atom is 0.416 e. The van der Waals surface area contributed by atoms with Crippen molar-refractivity contribution in [2.75, 3.05) is 13.6 Å². The highest BCUT2D eigenvalue weighted by atomic mass is 32.1. The van der Waals surface area contributed by atoms with Crippen LogP contribution in [0.5, 0.6) is 0 Å². The van der Waals surface area contributed by atoms with Gasteiger partial charge in [0, 0.05) is 19.4 Å². The second-order valence-corrected chi connectivity index (χ2v) is 5.46. The molecule has 0 unspecified atom stereocenters. The highest BCUT2D eigenvalue weighted by Gasteiger charge is 2.29. The van der Waals surface area contributed by atoms with Crippen LogP contribution in [0.2, 0.25) is 0 Å². The number of rotatable bonds is 5. The fourth-order valence-corrected chi connectivity index (χ4v) is 2.56. The molecule has 0 aliphatic rings. The van der Waals surface area contributed by atoms with Crippen molar-refractivity contribution in [3.8, 4) is 0 Å². The normalized spacial score (nSPS) is 11.8. The monoisotopic (exact) mass is 301 g/mol. The highest BCUT2D eigenvalue weighted by Crippen LogP contribution is 2.29. The summed E-state index contributed by atoms with van der Waals surface area (Å²) >= 11 is 1.49. The quantitative estimate of drug-likeness (QED) is 0.923. The topological polar surface area (TPSA) is 37.8 Å². The Bertz CT molecular complexity index is 549. The van der Waals surface area contributed by atoms with Gasteiger partial charge in [0.2, 0.25) is 0 Å². The molecule has 0 aliphatic carbocycles. The number of hydrogen-bond acceptors (Lipinski definition) is 4. The van der Waals surface area contributed by atoms with Crippen molar-refractivity contribution in [1.29, 1.82) is 0 Å². The third-order valence-corrected chi connectivity index (χ3v) is 3.72. The Morgan fingerprint density at radius 3 is 2.35 bits per heavy atom. The third-order valence-electron chi connectivity index (χ3n) is 2.73. The lowest BCUT2D eigenvalue weighted by atomic mass is 10.1. The number of alkyl halides is 3. The second kappa shape index (κ2) is 6.32. The predicted octanol–water partition coefficient (Wildman–Crippen LogP) is 2.91. The van der Waals surface area contributed by atoms with Gasteiger partial charge in [-0.2, -0.15) is 13.2 Å². The summed E-state index contributed by atoms with van der Waals surface area (Å²) < 4.78 is 37.3. The zero-order valence-electron chi connectivity index (χ0n) is 10.9. The van der Waals surface area contributed by atoms with Gasteiger partial charge in [0.1, 0.15) is 10.0 Å². The number of nitrogens with zero attached hydrogens (tertiary/aromatic N) is 2. The van der Waals surface area contributed by atoms with Crippen LogP contribution < -0.4 is 5.32 Å². The first-order valence-electron chi connectivity index (χ1n) is 6.11. The minimum atomic E-state index is -4.29. The Hall–Kier alpha value is -1.47. The van der Waals surface area contributed by atoms with Gasteiger partial charge in [0.15, 0.2) is 0 Å². The van der Waals surface area contributed by atoms with Crippen molar-refractivity contribution in [1.82, 2.24) is 15.5 Å². The summed E-state index contributed by atoms with van der Waals surface area (Å²) in [6, 6.07) is 5.16. The number of nitrogens with one attached hydrogen (secondary N) is 1. The van der Waals surface area contributed by atoms with Gasteiger partial charge in [0.05, 0.1) is 5.56 Å². The molecule has 3 nitrogen and oxygen atoms in total. The van der Waals surface area contributed by atoms with E-state index in [-0.39, 0.29) is 0 Å². The van der Waals surface area contributed by atoms with Gasteiger partial charge in [-0.1, -0.05) is 12.1 Å². The van der Waals surface area contributed by atoms with Crippen LogP contribution in [0.3, 0.4) is 0 Å². The second-order valence-electron chi connectivity index (χ2n) is 4.31. The molecular formula is C13H14F3N3S. The summed E-state index contributed by atoms with van der Waals surface area (Å²) in [6.07, 6.45) is -2.97. The molecule has 1 N–H and O–H groups in total. The average Bonchev–Trinajstić information content (AvgIpc) is 2.83. The Morgan fingerprint density at radius 2 is 1.75 bits per heavy atom. The smallest absolute Gasteiger partial charge is 0.319 e. The molecule has 0 saturated carbocycles. The summed E-state index contributed by atoms with van der Waals surface area (Å²) in [7, 11) is 1.87. The molecule has 0 spiro atoms. The molecule has 2 aromatic rings. The minimum Gasteiger partial charge on any atom is -0.319 e. The molecule has 1 heterocycles. The van der Waals surface area contributed by atoms with E-state index in [1.807, 2.05) is 7.05 Å². The molecule has 1 aromatic heterocycles. The zero-order valence-corrected chi connectivity index (χ0v) is 11.7. The molecule has 0 atom stereocenters. The van der Waals surface area contributed by atoms with E-state index in [1.54, 1.807) is 0 Å². The first-order chi connectivity index (χ1) is 9.49. The lowest BCUT2D eigenvalue weighted by Crippen LogP contribution is -2.09. The van der Waals surface area contributed by atoms with E-state index >= 15 is 0 Å². The SMILES string of the molecule is CNCCc1nnc(Cc2ccc(C(F)(F)F)cc2)s1. The number of aromatic nitrogens is 2. The number of hydrogen-bond donors (Lipinski definition) is 1. The van der Waals surface area contributed by atoms with Crippen LogP contribution in [-0.4, -0.2) is 23.8 Å². The van der Waals surface area contributed by atoms with E-state index in [2.05, 4.69) is 15.5 Å². The summed E-state index contributed by atoms with van der Waals surface area (Å²) in [4.78, 5) is 0. The number of halogens is 3. The van der Waals surface area contributed by atoms with Crippen molar-refractivity contribution < 1.29 is 13.2 Å². The van der Waals surface area contributed by atoms with E-state index in [0.29, 0.717) is 6.42 Å². The van der Waals surface area contributed by atoms with Crippen molar-refractivity contribution in [3.05, 3.63) is 45.4 Å². The Balaban J connectivity index is 2.01. The zero-order chi connectivity index (χ0) is 14.6. The summed E-state index contributed by atoms with van der Waals surface area (Å²) in [5.41, 5.74) is 0.169. The van der Waals surface area contributed by atoms with E-state index < -0.39 is 11.7 Å². The largest absolute Gasteiger partial charge is 0.416 e. The Morgan fingerprint density at radius 1 is 1.10 bits per heavy atom. The molecule has 0 fully saturated rings. The Labute approximate surface area is 118 Å². The maximum absolute atomic E-state index is 12.4. The molecule has 0 aliphatic heterocycles. The van der Waals surface area contributed by atoms with Gasteiger partial charge < -0.3 is 5.32 Å². The van der Waals surface area contributed by atoms with Gasteiger partial charge in [0.25, 0.3) is 0 Å². The Kier molecular flexibility index (Phi) is 4.72. The summed E-state index contributed by atoms with van der Waals surface area (Å²) in [5, 5.41) is 12.9. The van der Waals surface area contributed by atoms with E-state index in [1.165, 1.54) is 23.5 Å². The van der Waals surface area contributed by atoms with E-state index in [4.69, 9.17) is 0 Å². The van der Waals surface area contributed by atoms with E-state index in [9.17, 15) is 13.2 Å². The molecule has 2 rings (SSSR count). The highest BCUT2D eigenvalue weighted by molar-refractivity contribution is 7.11. The lowest BCUT2D eigenvalue weighted by Gasteiger charge is -2.06. The van der Waals surface area contributed by atoms with Crippen LogP contribution in [0.25, 0.3) is 0 Å². The van der Waals surface area contributed by atoms with Crippen molar-refractivity contribution >= 4 is 11.3 Å². The van der Waals surface area contributed by atoms with E-state index in [0.717, 1.165) is 40.7 Å². The molecule has 7 heteroatoms. The van der Waals surface area contributed by atoms with Gasteiger partial charge in [-0.15, -0.1) is 21.5 Å². The van der Waals surface area contributed by atoms with Crippen LogP contribution in [-0.2, 0) is 19.0 Å². The van der Waals surface area contributed by atoms with Crippen LogP contribution in [0.15, 0.2) is 24.3 Å². The van der Waals surface area contributed by atoms with Gasteiger partial charge in [-0.25, -0.2) is 0 Å². The van der Waals surface area contributed by atoms with Crippen LogP contribution in [0.1, 0.15) is 21.1 Å². The minimum absolute atomic E-state index is 0.509. The summed E-state index contributed by atoms with van der Waals surface area (Å²) in [6.45, 7) is 0.828. The van der Waals surface area contributed by atoms with Crippen LogP contribution >= 0.6 is 11.3 Å². The van der Waals surface area contributed by atoms with Gasteiger partial charge in [-0.3, -0.25) is 0 Å². The van der Waals surface area contributed by atoms with Crippen LogP contribution in [0, 0.1) is 0 Å². The number of benzene rings is 1. The first kappa shape index (κ1) is 14.9. The molecule has 20 heavy (non-hydrogen) atoms. The molecule has 0 saturated heterocycles. The number of likely N-dealkylation sites (N-methyl/N-ethyl adjacent to an activating group) is 1. The van der Waals surface area contributed by atoms with Gasteiger partial charge >= 0.3 is 6.18 Å². The van der Waals surface area contributed by atoms with Crippen molar-refractivity contribution in [2.45, 2.75) is 19.0 Å². The third kappa shape index (κ3) is 4.01. The standard InChI is InChI=1S/C13H14F3N3S/c1-17-7-6-11-18-19-12(20-11)8-9-2-4-10(5-3-9)13(14,15)16/h2-5,17H,6-8H2,1H3. The molecule has 0 bridgehead atoms. The summed E-state index contributed by atoms with van der Waals surface area (Å²) in [5.74, 6) is 0. The maximum atomic E-state index is 12.4. The average molecular weight is 301 g/mol. The molecular weight excluding hydrogens is 287 g/mol. The predicted molar refractivity (Wildman–Crippen MR) is 71.8 cm³/mol. The molecule has 0 amide bonds. The lowest BCUT2D eigenvalue weighted by molar-refractivity contribution is -0.137. The fraction of sp³-hybridized carbons (Fsp3) is 0.385. The first-order valence-corrected chi connectivity index (χ1v) is 6.92. The van der Waals surface area contributed by atoms with Crippen molar-refractivity contribution in [3.63, 3.8) is 0 Å². The van der Waals surface area contributed by atoms with Crippen LogP contribution in [0.4, 0.5) is 13.2 Å². The fourth-order valence-electron chi connectivity index (χ4n) is 1.68. The van der Waals surface area contributed by atoms with Crippen molar-refractivity contribution in [2.24, 2.45) is 0 Å². The molecule has 1 aromatic carbocycles. The molecule has 108 valence electrons.